The molecule has 4 rings (SSSR count). The van der Waals surface area contributed by atoms with E-state index in [2.05, 4.69) is 5.32 Å². The second-order valence-electron chi connectivity index (χ2n) is 7.83. The number of carbonyl (C=O) groups is 3. The lowest BCUT2D eigenvalue weighted by molar-refractivity contribution is -0.123. The van der Waals surface area contributed by atoms with E-state index in [1.807, 2.05) is 56.3 Å². The molecule has 0 spiro atoms. The maximum Gasteiger partial charge on any atom is 0.267 e. The van der Waals surface area contributed by atoms with Crippen molar-refractivity contribution in [1.29, 1.82) is 0 Å². The molecule has 8 heteroatoms. The number of hydrogen-bond donors (Lipinski definition) is 1. The third kappa shape index (κ3) is 4.20. The quantitative estimate of drug-likeness (QED) is 0.523. The number of anilines is 1. The summed E-state index contributed by atoms with van der Waals surface area (Å²) in [6.07, 6.45) is 0.708. The van der Waals surface area contributed by atoms with E-state index in [0.29, 0.717) is 39.0 Å². The zero-order valence-electron chi connectivity index (χ0n) is 17.8. The maximum absolute atomic E-state index is 13.4. The van der Waals surface area contributed by atoms with E-state index >= 15 is 0 Å². The van der Waals surface area contributed by atoms with Gasteiger partial charge < -0.3 is 5.32 Å². The van der Waals surface area contributed by atoms with Crippen LogP contribution in [0.1, 0.15) is 25.0 Å². The van der Waals surface area contributed by atoms with Crippen molar-refractivity contribution >= 4 is 57.3 Å². The number of para-hydroxylation sites is 1. The van der Waals surface area contributed by atoms with Crippen LogP contribution in [0, 0.1) is 0 Å². The molecule has 2 aromatic carbocycles. The fourth-order valence-electron chi connectivity index (χ4n) is 3.82. The summed E-state index contributed by atoms with van der Waals surface area (Å²) in [5.41, 5.74) is 2.72. The highest BCUT2D eigenvalue weighted by molar-refractivity contribution is 8.26. The monoisotopic (exact) mass is 465 g/mol. The molecule has 2 heterocycles. The van der Waals surface area contributed by atoms with Crippen molar-refractivity contribution in [1.82, 2.24) is 10.2 Å². The Morgan fingerprint density at radius 3 is 2.41 bits per heavy atom. The van der Waals surface area contributed by atoms with E-state index in [9.17, 15) is 14.4 Å². The smallest absolute Gasteiger partial charge is 0.267 e. The zero-order chi connectivity index (χ0) is 22.8. The molecule has 6 nitrogen and oxygen atoms in total. The molecular weight excluding hydrogens is 442 g/mol. The van der Waals surface area contributed by atoms with Crippen LogP contribution in [0.3, 0.4) is 0 Å². The summed E-state index contributed by atoms with van der Waals surface area (Å²) in [6, 6.07) is 17.0. The summed E-state index contributed by atoms with van der Waals surface area (Å²) in [4.78, 5) is 42.3. The number of thiocarbonyl (C=S) groups is 1. The van der Waals surface area contributed by atoms with Gasteiger partial charge in [-0.05, 0) is 31.9 Å². The van der Waals surface area contributed by atoms with Crippen LogP contribution >= 0.6 is 24.0 Å². The molecule has 0 aliphatic carbocycles. The Morgan fingerprint density at radius 1 is 1.03 bits per heavy atom. The number of amides is 3. The molecule has 0 aromatic heterocycles. The zero-order valence-corrected chi connectivity index (χ0v) is 19.5. The number of benzene rings is 2. The Morgan fingerprint density at radius 2 is 1.72 bits per heavy atom. The molecule has 1 N–H and O–H groups in total. The van der Waals surface area contributed by atoms with E-state index in [0.717, 1.165) is 17.3 Å². The standard InChI is InChI=1S/C24H23N3O3S2/c1-15(2)27-23(30)21(32-24(27)31)20-17-10-6-7-11-18(17)26(22(20)29)14-19(28)25-13-12-16-8-4-3-5-9-16/h3-11,15H,12-14H2,1-2H3,(H,25,28)/b21-20+. The summed E-state index contributed by atoms with van der Waals surface area (Å²) in [6.45, 7) is 4.13. The third-order valence-electron chi connectivity index (χ3n) is 5.35. The molecule has 0 saturated carbocycles. The van der Waals surface area contributed by atoms with Gasteiger partial charge in [0.15, 0.2) is 0 Å². The molecule has 32 heavy (non-hydrogen) atoms. The topological polar surface area (TPSA) is 69.7 Å². The molecule has 2 aromatic rings. The van der Waals surface area contributed by atoms with Crippen molar-refractivity contribution in [2.45, 2.75) is 26.3 Å². The fraction of sp³-hybridized carbons (Fsp3) is 0.250. The van der Waals surface area contributed by atoms with E-state index < -0.39 is 0 Å². The molecule has 1 fully saturated rings. The molecule has 1 saturated heterocycles. The minimum Gasteiger partial charge on any atom is -0.354 e. The first-order valence-electron chi connectivity index (χ1n) is 10.4. The highest BCUT2D eigenvalue weighted by Crippen LogP contribution is 2.44. The van der Waals surface area contributed by atoms with Crippen LogP contribution in [-0.2, 0) is 20.8 Å². The van der Waals surface area contributed by atoms with Crippen LogP contribution in [0.2, 0.25) is 0 Å². The molecule has 2 aliphatic heterocycles. The predicted molar refractivity (Wildman–Crippen MR) is 131 cm³/mol. The van der Waals surface area contributed by atoms with E-state index in [1.54, 1.807) is 12.1 Å². The van der Waals surface area contributed by atoms with Gasteiger partial charge in [0, 0.05) is 18.2 Å². The van der Waals surface area contributed by atoms with Gasteiger partial charge in [-0.3, -0.25) is 24.2 Å². The van der Waals surface area contributed by atoms with Gasteiger partial charge in [0.2, 0.25) is 5.91 Å². The minimum atomic E-state index is -0.353. The highest BCUT2D eigenvalue weighted by atomic mass is 32.2. The fourth-order valence-corrected chi connectivity index (χ4v) is 5.42. The Bertz CT molecular complexity index is 1130. The SMILES string of the molecule is CC(C)N1C(=O)/C(=C2\C(=O)N(CC(=O)NCCc3ccccc3)c3ccccc32)SC1=S. The lowest BCUT2D eigenvalue weighted by Crippen LogP contribution is -2.39. The summed E-state index contributed by atoms with van der Waals surface area (Å²) in [7, 11) is 0. The van der Waals surface area contributed by atoms with Crippen LogP contribution in [0.4, 0.5) is 5.69 Å². The number of rotatable bonds is 6. The Kier molecular flexibility index (Phi) is 6.43. The first-order chi connectivity index (χ1) is 15.4. The van der Waals surface area contributed by atoms with Crippen molar-refractivity contribution in [3.63, 3.8) is 0 Å². The van der Waals surface area contributed by atoms with Crippen molar-refractivity contribution in [2.24, 2.45) is 0 Å². The maximum atomic E-state index is 13.4. The number of nitrogens with zero attached hydrogens (tertiary/aromatic N) is 2. The molecule has 0 unspecified atom stereocenters. The van der Waals surface area contributed by atoms with Gasteiger partial charge in [-0.15, -0.1) is 0 Å². The van der Waals surface area contributed by atoms with Gasteiger partial charge in [-0.2, -0.15) is 0 Å². The molecule has 0 atom stereocenters. The molecule has 3 amide bonds. The summed E-state index contributed by atoms with van der Waals surface area (Å²) >= 11 is 6.52. The number of fused-ring (bicyclic) bond motifs is 1. The predicted octanol–water partition coefficient (Wildman–Crippen LogP) is 3.37. The Hall–Kier alpha value is -2.97. The van der Waals surface area contributed by atoms with Gasteiger partial charge in [-0.25, -0.2) is 0 Å². The van der Waals surface area contributed by atoms with E-state index in [-0.39, 0.29) is 30.3 Å². The molecule has 164 valence electrons. The summed E-state index contributed by atoms with van der Waals surface area (Å²) in [5, 5.41) is 2.88. The lowest BCUT2D eigenvalue weighted by Gasteiger charge is -2.18. The molecule has 2 aliphatic rings. The Labute approximate surface area is 196 Å². The van der Waals surface area contributed by atoms with Crippen molar-refractivity contribution in [3.05, 3.63) is 70.6 Å². The number of carbonyl (C=O) groups excluding carboxylic acids is 3. The number of hydrogen-bond acceptors (Lipinski definition) is 5. The minimum absolute atomic E-state index is 0.0983. The second-order valence-corrected chi connectivity index (χ2v) is 9.48. The van der Waals surface area contributed by atoms with E-state index in [4.69, 9.17) is 12.2 Å². The van der Waals surface area contributed by atoms with Gasteiger partial charge in [-0.1, -0.05) is 72.5 Å². The normalized spacial score (nSPS) is 18.0. The van der Waals surface area contributed by atoms with E-state index in [1.165, 1.54) is 9.80 Å². The van der Waals surface area contributed by atoms with Crippen LogP contribution in [0.15, 0.2) is 59.5 Å². The largest absolute Gasteiger partial charge is 0.354 e. The van der Waals surface area contributed by atoms with Gasteiger partial charge in [0.05, 0.1) is 16.2 Å². The second kappa shape index (κ2) is 9.26. The summed E-state index contributed by atoms with van der Waals surface area (Å²) < 4.78 is 0.440. The van der Waals surface area contributed by atoms with Crippen LogP contribution in [0.25, 0.3) is 5.57 Å². The average Bonchev–Trinajstić information content (AvgIpc) is 3.21. The van der Waals surface area contributed by atoms with Crippen molar-refractivity contribution in [3.8, 4) is 0 Å². The van der Waals surface area contributed by atoms with Crippen molar-refractivity contribution < 1.29 is 14.4 Å². The summed E-state index contributed by atoms with van der Waals surface area (Å²) in [5.74, 6) is -0.865. The number of thioether (sulfide) groups is 1. The van der Waals surface area contributed by atoms with Gasteiger partial charge in [0.25, 0.3) is 11.8 Å². The van der Waals surface area contributed by atoms with Gasteiger partial charge >= 0.3 is 0 Å². The molecular formula is C24H23N3O3S2. The van der Waals surface area contributed by atoms with Crippen molar-refractivity contribution in [2.75, 3.05) is 18.0 Å². The van der Waals surface area contributed by atoms with Gasteiger partial charge in [0.1, 0.15) is 10.9 Å². The number of nitrogens with one attached hydrogen (secondary N) is 1. The van der Waals surface area contributed by atoms with Crippen LogP contribution < -0.4 is 10.2 Å². The van der Waals surface area contributed by atoms with Crippen LogP contribution in [-0.4, -0.2) is 46.1 Å². The lowest BCUT2D eigenvalue weighted by atomic mass is 10.1. The van der Waals surface area contributed by atoms with Crippen LogP contribution in [0.5, 0.6) is 0 Å². The first-order valence-corrected chi connectivity index (χ1v) is 11.6. The Balaban J connectivity index is 1.54. The molecule has 0 bridgehead atoms. The highest BCUT2D eigenvalue weighted by Gasteiger charge is 2.42. The average molecular weight is 466 g/mol. The third-order valence-corrected chi connectivity index (χ3v) is 6.75. The first kappa shape index (κ1) is 22.2. The molecule has 0 radical (unpaired) electrons.